The summed E-state index contributed by atoms with van der Waals surface area (Å²) in [6, 6.07) is 15.0. The third-order valence-corrected chi connectivity index (χ3v) is 6.62. The number of ketones is 2. The van der Waals surface area contributed by atoms with Crippen LogP contribution in [-0.2, 0) is 0 Å². The number of aryl methyl sites for hydroxylation is 1. The molecule has 168 valence electrons. The maximum Gasteiger partial charge on any atom is 0.211 e. The van der Waals surface area contributed by atoms with E-state index < -0.39 is 0 Å². The highest BCUT2D eigenvalue weighted by Gasteiger charge is 2.29. The molecule has 5 nitrogen and oxygen atoms in total. The van der Waals surface area contributed by atoms with E-state index in [1.807, 2.05) is 19.1 Å². The molecule has 1 N–H and O–H groups in total. The van der Waals surface area contributed by atoms with E-state index in [0.29, 0.717) is 16.9 Å². The van der Waals surface area contributed by atoms with Crippen LogP contribution in [0.5, 0.6) is 5.75 Å². The zero-order valence-corrected chi connectivity index (χ0v) is 20.4. The minimum atomic E-state index is -0.381. The third-order valence-electron chi connectivity index (χ3n) is 5.12. The molecule has 0 bridgehead atoms. The van der Waals surface area contributed by atoms with Crippen molar-refractivity contribution in [3.05, 3.63) is 103 Å². The highest BCUT2D eigenvalue weighted by Crippen LogP contribution is 2.39. The number of carbonyl (C=O) groups is 2. The molecule has 33 heavy (non-hydrogen) atoms. The van der Waals surface area contributed by atoms with E-state index >= 15 is 0 Å². The van der Waals surface area contributed by atoms with Crippen molar-refractivity contribution in [2.45, 2.75) is 6.92 Å². The highest BCUT2D eigenvalue weighted by atomic mass is 35.5. The third kappa shape index (κ3) is 4.30. The van der Waals surface area contributed by atoms with Gasteiger partial charge < -0.3 is 9.72 Å². The van der Waals surface area contributed by atoms with Crippen LogP contribution in [0, 0.1) is 6.92 Å². The number of nitrogens with zero attached hydrogens (tertiary/aromatic N) is 1. The van der Waals surface area contributed by atoms with Crippen LogP contribution in [0.4, 0.5) is 0 Å². The van der Waals surface area contributed by atoms with E-state index in [-0.39, 0.29) is 49.0 Å². The monoisotopic (exact) mass is 520 g/mol. The first-order valence-corrected chi connectivity index (χ1v) is 11.2. The first-order valence-electron chi connectivity index (χ1n) is 9.67. The van der Waals surface area contributed by atoms with Crippen LogP contribution in [0.2, 0.25) is 20.4 Å². The zero-order chi connectivity index (χ0) is 23.9. The minimum Gasteiger partial charge on any atom is -0.497 e. The predicted molar refractivity (Wildman–Crippen MR) is 131 cm³/mol. The number of carbonyl (C=O) groups excluding carboxylic acids is 2. The number of aromatic amines is 1. The van der Waals surface area contributed by atoms with Crippen molar-refractivity contribution < 1.29 is 14.3 Å². The Morgan fingerprint density at radius 3 is 2.06 bits per heavy atom. The Morgan fingerprint density at radius 2 is 1.45 bits per heavy atom. The summed E-state index contributed by atoms with van der Waals surface area (Å²) in [4.78, 5) is 29.5. The lowest BCUT2D eigenvalue weighted by atomic mass is 10.1. The van der Waals surface area contributed by atoms with Crippen molar-refractivity contribution in [1.82, 2.24) is 9.55 Å². The van der Waals surface area contributed by atoms with E-state index in [0.717, 1.165) is 5.56 Å². The molecule has 0 saturated carbocycles. The van der Waals surface area contributed by atoms with Gasteiger partial charge in [-0.1, -0.05) is 76.2 Å². The average Bonchev–Trinajstić information content (AvgIpc) is 3.28. The van der Waals surface area contributed by atoms with E-state index in [1.54, 1.807) is 36.4 Å². The molecule has 9 heteroatoms. The molecule has 4 rings (SSSR count). The van der Waals surface area contributed by atoms with E-state index in [1.165, 1.54) is 17.7 Å². The molecule has 0 atom stereocenters. The Labute approximate surface area is 209 Å². The van der Waals surface area contributed by atoms with Crippen molar-refractivity contribution in [3.8, 4) is 11.4 Å². The van der Waals surface area contributed by atoms with Gasteiger partial charge in [0.05, 0.1) is 23.5 Å². The maximum atomic E-state index is 13.4. The normalized spacial score (nSPS) is 11.0. The molecule has 0 amide bonds. The van der Waals surface area contributed by atoms with Crippen LogP contribution in [0.3, 0.4) is 0 Å². The molecule has 0 aliphatic rings. The molecule has 0 unspecified atom stereocenters. The van der Waals surface area contributed by atoms with Gasteiger partial charge in [-0.2, -0.15) is 0 Å². The fourth-order valence-corrected chi connectivity index (χ4v) is 4.22. The number of nitrogens with one attached hydrogen (secondary N) is 1. The molecule has 0 fully saturated rings. The molecule has 2 aromatic carbocycles. The highest BCUT2D eigenvalue weighted by molar-refractivity contribution is 6.45. The Bertz CT molecular complexity index is 1370. The van der Waals surface area contributed by atoms with Crippen LogP contribution < -0.4 is 4.74 Å². The second kappa shape index (κ2) is 9.27. The summed E-state index contributed by atoms with van der Waals surface area (Å²) in [5, 5.41) is 0.204. The van der Waals surface area contributed by atoms with Gasteiger partial charge in [0.25, 0.3) is 0 Å². The number of rotatable bonds is 6. The first kappa shape index (κ1) is 23.5. The van der Waals surface area contributed by atoms with Gasteiger partial charge in [0.1, 0.15) is 26.8 Å². The molecule has 4 aromatic rings. The number of benzene rings is 2. The second-order valence-corrected chi connectivity index (χ2v) is 8.75. The van der Waals surface area contributed by atoms with Crippen molar-refractivity contribution in [1.29, 1.82) is 0 Å². The fraction of sp³-hybridized carbons (Fsp3) is 0.0833. The van der Waals surface area contributed by atoms with Gasteiger partial charge in [-0.15, -0.1) is 0 Å². The quantitative estimate of drug-likeness (QED) is 0.273. The number of H-pyrrole nitrogens is 1. The number of aromatic nitrogens is 2. The van der Waals surface area contributed by atoms with Crippen molar-refractivity contribution in [3.63, 3.8) is 0 Å². The molecular formula is C24H16Cl4N2O3. The summed E-state index contributed by atoms with van der Waals surface area (Å²) in [5.41, 5.74) is 2.11. The average molecular weight is 522 g/mol. The molecule has 0 spiro atoms. The standard InChI is InChI=1S/C24H16Cl4N2O3/c1-12-3-5-14(6-4-12)22(32)19-20(18(26)23(27)29-19)30-17(11-16(25)24(30)28)21(31)13-7-9-15(33-2)10-8-13/h3-11,29H,1-2H3. The smallest absolute Gasteiger partial charge is 0.211 e. The fourth-order valence-electron chi connectivity index (χ4n) is 3.39. The van der Waals surface area contributed by atoms with Crippen LogP contribution >= 0.6 is 46.4 Å². The summed E-state index contributed by atoms with van der Waals surface area (Å²) < 4.78 is 6.48. The lowest BCUT2D eigenvalue weighted by molar-refractivity contribution is 0.102. The van der Waals surface area contributed by atoms with E-state index in [4.69, 9.17) is 51.1 Å². The Kier molecular flexibility index (Phi) is 6.59. The van der Waals surface area contributed by atoms with Crippen LogP contribution in [0.1, 0.15) is 37.7 Å². The van der Waals surface area contributed by atoms with Gasteiger partial charge >= 0.3 is 0 Å². The van der Waals surface area contributed by atoms with Crippen molar-refractivity contribution >= 4 is 58.0 Å². The molecule has 2 heterocycles. The van der Waals surface area contributed by atoms with E-state index in [9.17, 15) is 9.59 Å². The largest absolute Gasteiger partial charge is 0.497 e. The topological polar surface area (TPSA) is 64.1 Å². The molecule has 2 aromatic heterocycles. The molecule has 0 aliphatic carbocycles. The zero-order valence-electron chi connectivity index (χ0n) is 17.4. The maximum absolute atomic E-state index is 13.4. The van der Waals surface area contributed by atoms with Gasteiger partial charge in [0, 0.05) is 11.1 Å². The summed E-state index contributed by atoms with van der Waals surface area (Å²) in [6.45, 7) is 1.92. The van der Waals surface area contributed by atoms with Gasteiger partial charge in [-0.05, 0) is 37.3 Å². The minimum absolute atomic E-state index is 0.0176. The van der Waals surface area contributed by atoms with Crippen LogP contribution in [0.25, 0.3) is 5.69 Å². The van der Waals surface area contributed by atoms with Crippen molar-refractivity contribution in [2.24, 2.45) is 0 Å². The lowest BCUT2D eigenvalue weighted by Crippen LogP contribution is -2.13. The summed E-state index contributed by atoms with van der Waals surface area (Å²) in [7, 11) is 1.53. The van der Waals surface area contributed by atoms with Crippen molar-refractivity contribution in [2.75, 3.05) is 7.11 Å². The number of methoxy groups -OCH3 is 1. The number of hydrogen-bond donors (Lipinski definition) is 1. The Balaban J connectivity index is 1.89. The van der Waals surface area contributed by atoms with Crippen LogP contribution in [-0.4, -0.2) is 28.2 Å². The summed E-state index contributed by atoms with van der Waals surface area (Å²) >= 11 is 25.5. The van der Waals surface area contributed by atoms with Gasteiger partial charge in [-0.3, -0.25) is 14.2 Å². The van der Waals surface area contributed by atoms with E-state index in [2.05, 4.69) is 4.98 Å². The molecule has 0 saturated heterocycles. The van der Waals surface area contributed by atoms with Gasteiger partial charge in [0.2, 0.25) is 11.6 Å². The lowest BCUT2D eigenvalue weighted by Gasteiger charge is -2.12. The first-order chi connectivity index (χ1) is 15.7. The SMILES string of the molecule is COc1ccc(C(=O)c2cc(Cl)c(Cl)n2-c2c(C(=O)c3ccc(C)cc3)[nH]c(Cl)c2Cl)cc1. The predicted octanol–water partition coefficient (Wildman–Crippen LogP) is 7.20. The second-order valence-electron chi connectivity index (χ2n) is 7.23. The number of halogens is 4. The van der Waals surface area contributed by atoms with Gasteiger partial charge in [-0.25, -0.2) is 0 Å². The Morgan fingerprint density at radius 1 is 0.879 bits per heavy atom. The number of hydrogen-bond acceptors (Lipinski definition) is 3. The number of ether oxygens (including phenoxy) is 1. The summed E-state index contributed by atoms with van der Waals surface area (Å²) in [5.74, 6) is -0.152. The van der Waals surface area contributed by atoms with Gasteiger partial charge in [0.15, 0.2) is 0 Å². The molecule has 0 radical (unpaired) electrons. The Hall–Kier alpha value is -2.70. The summed E-state index contributed by atoms with van der Waals surface area (Å²) in [6.07, 6.45) is 0. The van der Waals surface area contributed by atoms with Crippen LogP contribution in [0.15, 0.2) is 54.6 Å². The molecular weight excluding hydrogens is 506 g/mol. The molecule has 0 aliphatic heterocycles.